The molecule has 0 atom stereocenters. The van der Waals surface area contributed by atoms with E-state index in [1.54, 1.807) is 12.4 Å². The third kappa shape index (κ3) is 3.60. The molecule has 0 spiro atoms. The molecule has 0 radical (unpaired) electrons. The zero-order chi connectivity index (χ0) is 22.2. The Morgan fingerprint density at radius 1 is 1.03 bits per heavy atom. The first-order chi connectivity index (χ1) is 15.5. The van der Waals surface area contributed by atoms with Gasteiger partial charge in [0.1, 0.15) is 16.9 Å². The van der Waals surface area contributed by atoms with Gasteiger partial charge >= 0.3 is 5.63 Å². The number of aryl methyl sites for hydroxylation is 4. The van der Waals surface area contributed by atoms with Crippen LogP contribution in [0.3, 0.4) is 0 Å². The number of fused-ring (bicyclic) bond motifs is 4. The zero-order valence-electron chi connectivity index (χ0n) is 18.4. The highest BCUT2D eigenvalue weighted by Crippen LogP contribution is 2.37. The van der Waals surface area contributed by atoms with Crippen molar-refractivity contribution in [1.82, 2.24) is 10.3 Å². The number of aromatic nitrogens is 1. The van der Waals surface area contributed by atoms with Gasteiger partial charge in [-0.1, -0.05) is 0 Å². The van der Waals surface area contributed by atoms with E-state index >= 15 is 0 Å². The van der Waals surface area contributed by atoms with Crippen molar-refractivity contribution in [2.24, 2.45) is 0 Å². The Hall–Kier alpha value is -3.41. The van der Waals surface area contributed by atoms with Crippen LogP contribution in [0.2, 0.25) is 0 Å². The quantitative estimate of drug-likeness (QED) is 0.465. The zero-order valence-corrected chi connectivity index (χ0v) is 18.4. The minimum Gasteiger partial charge on any atom is -0.460 e. The van der Waals surface area contributed by atoms with Crippen LogP contribution in [0.1, 0.15) is 52.8 Å². The number of carbonyl (C=O) groups is 1. The van der Waals surface area contributed by atoms with Gasteiger partial charge in [-0.2, -0.15) is 0 Å². The van der Waals surface area contributed by atoms with E-state index in [1.165, 1.54) is 12.0 Å². The van der Waals surface area contributed by atoms with E-state index < -0.39 is 0 Å². The fraction of sp³-hybridized carbons (Fsp3) is 0.346. The van der Waals surface area contributed by atoms with Crippen LogP contribution < -0.4 is 10.9 Å². The molecule has 164 valence electrons. The predicted octanol–water partition coefficient (Wildman–Crippen LogP) is 4.68. The summed E-state index contributed by atoms with van der Waals surface area (Å²) < 4.78 is 11.9. The first-order valence-electron chi connectivity index (χ1n) is 11.2. The highest BCUT2D eigenvalue weighted by atomic mass is 16.4. The maximum atomic E-state index is 12.8. The predicted molar refractivity (Wildman–Crippen MR) is 123 cm³/mol. The Kier molecular flexibility index (Phi) is 5.29. The van der Waals surface area contributed by atoms with Crippen LogP contribution in [0, 0.1) is 13.8 Å². The van der Waals surface area contributed by atoms with Crippen molar-refractivity contribution >= 4 is 27.8 Å². The summed E-state index contributed by atoms with van der Waals surface area (Å²) >= 11 is 0. The highest BCUT2D eigenvalue weighted by Gasteiger charge is 2.23. The molecule has 3 aromatic heterocycles. The molecular formula is C26H26N2O4. The normalized spacial score (nSPS) is 13.4. The van der Waals surface area contributed by atoms with Gasteiger partial charge in [-0.15, -0.1) is 0 Å². The second kappa shape index (κ2) is 8.26. The van der Waals surface area contributed by atoms with Crippen LogP contribution in [0.5, 0.6) is 0 Å². The summed E-state index contributed by atoms with van der Waals surface area (Å²) in [5.74, 6) is 0.965. The summed E-state index contributed by atoms with van der Waals surface area (Å²) in [4.78, 5) is 29.1. The number of nitrogens with zero attached hydrogens (tertiary/aromatic N) is 1. The van der Waals surface area contributed by atoms with Gasteiger partial charge in [0.25, 0.3) is 0 Å². The molecule has 1 aliphatic carbocycles. The van der Waals surface area contributed by atoms with Gasteiger partial charge < -0.3 is 14.2 Å². The highest BCUT2D eigenvalue weighted by molar-refractivity contribution is 6.00. The van der Waals surface area contributed by atoms with Crippen molar-refractivity contribution in [3.8, 4) is 0 Å². The van der Waals surface area contributed by atoms with E-state index in [4.69, 9.17) is 8.83 Å². The maximum Gasteiger partial charge on any atom is 0.339 e. The van der Waals surface area contributed by atoms with Gasteiger partial charge in [0.15, 0.2) is 0 Å². The Bertz CT molecular complexity index is 1380. The SMILES string of the molecule is Cc1c(CCC(=O)NCc2ccncc2)c(=O)oc2c(C)c3oc4c(c3cc12)CCCC4. The molecule has 1 N–H and O–H groups in total. The average molecular weight is 431 g/mol. The average Bonchev–Trinajstić information content (AvgIpc) is 3.18. The number of carbonyl (C=O) groups excluding carboxylic acids is 1. The fourth-order valence-corrected chi connectivity index (χ4v) is 4.73. The lowest BCUT2D eigenvalue weighted by atomic mass is 9.93. The topological polar surface area (TPSA) is 85.3 Å². The molecule has 5 rings (SSSR count). The van der Waals surface area contributed by atoms with Crippen LogP contribution in [0.25, 0.3) is 21.9 Å². The van der Waals surface area contributed by atoms with Gasteiger partial charge in [-0.05, 0) is 68.9 Å². The first-order valence-corrected chi connectivity index (χ1v) is 11.2. The largest absolute Gasteiger partial charge is 0.460 e. The maximum absolute atomic E-state index is 12.8. The molecule has 0 bridgehead atoms. The van der Waals surface area contributed by atoms with Crippen LogP contribution in [0.4, 0.5) is 0 Å². The molecular weight excluding hydrogens is 404 g/mol. The Morgan fingerprint density at radius 3 is 2.59 bits per heavy atom. The second-order valence-electron chi connectivity index (χ2n) is 8.59. The van der Waals surface area contributed by atoms with Crippen molar-refractivity contribution in [2.45, 2.75) is 58.9 Å². The summed E-state index contributed by atoms with van der Waals surface area (Å²) in [6.45, 7) is 4.34. The lowest BCUT2D eigenvalue weighted by Crippen LogP contribution is -2.24. The van der Waals surface area contributed by atoms with Crippen LogP contribution in [-0.2, 0) is 30.6 Å². The molecule has 0 saturated carbocycles. The number of benzene rings is 1. The monoisotopic (exact) mass is 430 g/mol. The molecule has 0 aliphatic heterocycles. The third-order valence-corrected chi connectivity index (χ3v) is 6.57. The number of hydrogen-bond acceptors (Lipinski definition) is 5. The number of rotatable bonds is 5. The second-order valence-corrected chi connectivity index (χ2v) is 8.59. The van der Waals surface area contributed by atoms with Gasteiger partial charge in [0.05, 0.1) is 0 Å². The first kappa shape index (κ1) is 20.5. The summed E-state index contributed by atoms with van der Waals surface area (Å²) in [5.41, 5.74) is 5.62. The summed E-state index contributed by atoms with van der Waals surface area (Å²) in [6.07, 6.45) is 8.25. The van der Waals surface area contributed by atoms with E-state index in [9.17, 15) is 9.59 Å². The number of hydrogen-bond donors (Lipinski definition) is 1. The molecule has 1 aromatic carbocycles. The number of furan rings is 1. The van der Waals surface area contributed by atoms with Crippen LogP contribution in [0.15, 0.2) is 44.2 Å². The van der Waals surface area contributed by atoms with Gasteiger partial charge in [0.2, 0.25) is 5.91 Å². The Balaban J connectivity index is 1.44. The smallest absolute Gasteiger partial charge is 0.339 e. The molecule has 32 heavy (non-hydrogen) atoms. The Morgan fingerprint density at radius 2 is 1.78 bits per heavy atom. The molecule has 6 nitrogen and oxygen atoms in total. The van der Waals surface area contributed by atoms with E-state index in [-0.39, 0.29) is 18.0 Å². The third-order valence-electron chi connectivity index (χ3n) is 6.57. The fourth-order valence-electron chi connectivity index (χ4n) is 4.73. The van der Waals surface area contributed by atoms with E-state index in [0.29, 0.717) is 24.1 Å². The van der Waals surface area contributed by atoms with Crippen molar-refractivity contribution in [3.05, 3.63) is 74.6 Å². The molecule has 1 amide bonds. The standard InChI is InChI=1S/C26H26N2O4/c1-15-18(7-8-23(29)28-14-17-9-11-27-12-10-17)26(30)32-24-16(2)25-21(13-20(15)24)19-5-3-4-6-22(19)31-25/h9-13H,3-8,14H2,1-2H3,(H,28,29). The van der Waals surface area contributed by atoms with Crippen molar-refractivity contribution < 1.29 is 13.6 Å². The van der Waals surface area contributed by atoms with Crippen molar-refractivity contribution in [2.75, 3.05) is 0 Å². The van der Waals surface area contributed by atoms with Crippen molar-refractivity contribution in [3.63, 3.8) is 0 Å². The minimum atomic E-state index is -0.379. The lowest BCUT2D eigenvalue weighted by Gasteiger charge is -2.11. The Labute approximate surface area is 185 Å². The van der Waals surface area contributed by atoms with Crippen LogP contribution >= 0.6 is 0 Å². The number of amides is 1. The number of nitrogens with one attached hydrogen (secondary N) is 1. The molecule has 1 aliphatic rings. The molecule has 0 saturated heterocycles. The molecule has 0 unspecified atom stereocenters. The molecule has 6 heteroatoms. The van der Waals surface area contributed by atoms with Gasteiger partial charge in [0, 0.05) is 59.2 Å². The number of pyridine rings is 1. The van der Waals surface area contributed by atoms with Gasteiger partial charge in [-0.3, -0.25) is 9.78 Å². The summed E-state index contributed by atoms with van der Waals surface area (Å²) in [5, 5.41) is 4.95. The minimum absolute atomic E-state index is 0.101. The molecule has 3 heterocycles. The van der Waals surface area contributed by atoms with Crippen molar-refractivity contribution in [1.29, 1.82) is 0 Å². The molecule has 4 aromatic rings. The van der Waals surface area contributed by atoms with Crippen LogP contribution in [-0.4, -0.2) is 10.9 Å². The van der Waals surface area contributed by atoms with E-state index in [2.05, 4.69) is 16.4 Å². The van der Waals surface area contributed by atoms with E-state index in [0.717, 1.165) is 58.1 Å². The summed E-state index contributed by atoms with van der Waals surface area (Å²) in [7, 11) is 0. The summed E-state index contributed by atoms with van der Waals surface area (Å²) in [6, 6.07) is 5.83. The van der Waals surface area contributed by atoms with Gasteiger partial charge in [-0.25, -0.2) is 4.79 Å². The van der Waals surface area contributed by atoms with E-state index in [1.807, 2.05) is 26.0 Å². The lowest BCUT2D eigenvalue weighted by molar-refractivity contribution is -0.121. The molecule has 0 fully saturated rings.